The molecule has 2 nitrogen and oxygen atoms in total. The van der Waals surface area contributed by atoms with Crippen LogP contribution in [0.1, 0.15) is 5.56 Å². The average molecular weight is 164 g/mol. The maximum Gasteiger partial charge on any atom is 0.145 e. The van der Waals surface area contributed by atoms with Crippen molar-refractivity contribution in [2.75, 3.05) is 13.2 Å². The van der Waals surface area contributed by atoms with Gasteiger partial charge in [0.2, 0.25) is 0 Å². The zero-order chi connectivity index (χ0) is 8.39. The Morgan fingerprint density at radius 3 is 2.67 bits per heavy atom. The third kappa shape index (κ3) is 1.43. The molecule has 2 rings (SSSR count). The van der Waals surface area contributed by atoms with Gasteiger partial charge in [-0.3, -0.25) is 0 Å². The Labute approximate surface area is 72.1 Å². The minimum Gasteiger partial charge on any atom is -0.485 e. The van der Waals surface area contributed by atoms with Crippen LogP contribution in [0.3, 0.4) is 0 Å². The lowest BCUT2D eigenvalue weighted by molar-refractivity contribution is -0.0799. The number of aryl methyl sites for hydroxylation is 1. The molecule has 1 aliphatic rings. The van der Waals surface area contributed by atoms with Crippen LogP contribution < -0.4 is 4.74 Å². The quantitative estimate of drug-likeness (QED) is 0.663. The van der Waals surface area contributed by atoms with Gasteiger partial charge in [-0.15, -0.1) is 0 Å². The highest BCUT2D eigenvalue weighted by atomic mass is 16.6. The third-order valence-electron chi connectivity index (χ3n) is 1.99. The molecule has 0 spiro atoms. The summed E-state index contributed by atoms with van der Waals surface area (Å²) in [7, 11) is 0. The summed E-state index contributed by atoms with van der Waals surface area (Å²) in [4.78, 5) is 0. The molecule has 1 heterocycles. The predicted octanol–water partition coefficient (Wildman–Crippen LogP) is 1.77. The van der Waals surface area contributed by atoms with E-state index in [0.717, 1.165) is 19.0 Å². The van der Waals surface area contributed by atoms with E-state index in [2.05, 4.69) is 13.0 Å². The van der Waals surface area contributed by atoms with Gasteiger partial charge < -0.3 is 9.47 Å². The summed E-state index contributed by atoms with van der Waals surface area (Å²) in [6, 6.07) is 8.05. The summed E-state index contributed by atoms with van der Waals surface area (Å²) in [6.45, 7) is 3.51. The van der Waals surface area contributed by atoms with Gasteiger partial charge in [-0.25, -0.2) is 0 Å². The van der Waals surface area contributed by atoms with Crippen molar-refractivity contribution >= 4 is 0 Å². The highest BCUT2D eigenvalue weighted by Crippen LogP contribution is 2.19. The topological polar surface area (TPSA) is 18.5 Å². The number of ether oxygens (including phenoxy) is 2. The number of hydrogen-bond donors (Lipinski definition) is 0. The van der Waals surface area contributed by atoms with Gasteiger partial charge in [0.25, 0.3) is 0 Å². The average Bonchev–Trinajstić information content (AvgIpc) is 2.00. The molecule has 0 N–H and O–H groups in total. The first-order valence-corrected chi connectivity index (χ1v) is 4.16. The summed E-state index contributed by atoms with van der Waals surface area (Å²) in [6.07, 6.45) is 0.270. The number of para-hydroxylation sites is 1. The maximum atomic E-state index is 5.66. The third-order valence-corrected chi connectivity index (χ3v) is 1.99. The normalized spacial score (nSPS) is 17.1. The molecule has 1 fully saturated rings. The van der Waals surface area contributed by atoms with E-state index >= 15 is 0 Å². The van der Waals surface area contributed by atoms with Crippen LogP contribution in [-0.2, 0) is 4.74 Å². The standard InChI is InChI=1S/C10H12O2/c1-8-4-2-3-5-10(8)12-9-6-11-7-9/h2-5,9H,6-7H2,1H3. The van der Waals surface area contributed by atoms with E-state index in [0.29, 0.717) is 0 Å². The highest BCUT2D eigenvalue weighted by Gasteiger charge is 2.20. The Kier molecular flexibility index (Phi) is 2.00. The molecular formula is C10H12O2. The zero-order valence-corrected chi connectivity index (χ0v) is 7.12. The molecule has 0 unspecified atom stereocenters. The largest absolute Gasteiger partial charge is 0.485 e. The van der Waals surface area contributed by atoms with Crippen molar-refractivity contribution in [2.24, 2.45) is 0 Å². The molecule has 1 saturated heterocycles. The van der Waals surface area contributed by atoms with Crippen LogP contribution >= 0.6 is 0 Å². The van der Waals surface area contributed by atoms with Crippen molar-refractivity contribution in [3.8, 4) is 5.75 Å². The van der Waals surface area contributed by atoms with E-state index < -0.39 is 0 Å². The minimum absolute atomic E-state index is 0.270. The van der Waals surface area contributed by atoms with Gasteiger partial charge in [0.15, 0.2) is 0 Å². The highest BCUT2D eigenvalue weighted by molar-refractivity contribution is 5.32. The van der Waals surface area contributed by atoms with Crippen LogP contribution in [0.25, 0.3) is 0 Å². The smallest absolute Gasteiger partial charge is 0.145 e. The van der Waals surface area contributed by atoms with Crippen molar-refractivity contribution in [1.29, 1.82) is 0 Å². The van der Waals surface area contributed by atoms with Crippen LogP contribution in [0.5, 0.6) is 5.75 Å². The SMILES string of the molecule is Cc1ccccc1OC1COC1. The molecule has 1 aliphatic heterocycles. The van der Waals surface area contributed by atoms with E-state index in [1.54, 1.807) is 0 Å². The molecule has 0 aliphatic carbocycles. The van der Waals surface area contributed by atoms with Gasteiger partial charge in [0.05, 0.1) is 13.2 Å². The molecule has 64 valence electrons. The first-order valence-electron chi connectivity index (χ1n) is 4.16. The Hall–Kier alpha value is -1.02. The van der Waals surface area contributed by atoms with Crippen LogP contribution in [0, 0.1) is 6.92 Å². The second kappa shape index (κ2) is 3.15. The maximum absolute atomic E-state index is 5.66. The summed E-state index contributed by atoms with van der Waals surface area (Å²) in [5.41, 5.74) is 1.18. The molecule has 2 heteroatoms. The van der Waals surface area contributed by atoms with Gasteiger partial charge in [-0.05, 0) is 18.6 Å². The lowest BCUT2D eigenvalue weighted by Gasteiger charge is -2.27. The predicted molar refractivity (Wildman–Crippen MR) is 46.4 cm³/mol. The molecular weight excluding hydrogens is 152 g/mol. The van der Waals surface area contributed by atoms with E-state index in [4.69, 9.17) is 9.47 Å². The fourth-order valence-electron chi connectivity index (χ4n) is 1.15. The summed E-state index contributed by atoms with van der Waals surface area (Å²) < 4.78 is 10.7. The van der Waals surface area contributed by atoms with E-state index in [9.17, 15) is 0 Å². The van der Waals surface area contributed by atoms with Gasteiger partial charge in [0, 0.05) is 0 Å². The first kappa shape index (κ1) is 7.62. The summed E-state index contributed by atoms with van der Waals surface area (Å²) in [5, 5.41) is 0. The zero-order valence-electron chi connectivity index (χ0n) is 7.12. The fraction of sp³-hybridized carbons (Fsp3) is 0.400. The number of hydrogen-bond acceptors (Lipinski definition) is 2. The Morgan fingerprint density at radius 1 is 1.33 bits per heavy atom. The fourth-order valence-corrected chi connectivity index (χ4v) is 1.15. The first-order chi connectivity index (χ1) is 5.86. The Balaban J connectivity index is 2.06. The molecule has 0 bridgehead atoms. The molecule has 0 atom stereocenters. The van der Waals surface area contributed by atoms with E-state index in [1.165, 1.54) is 5.56 Å². The lowest BCUT2D eigenvalue weighted by atomic mass is 10.2. The number of benzene rings is 1. The van der Waals surface area contributed by atoms with Crippen molar-refractivity contribution in [1.82, 2.24) is 0 Å². The van der Waals surface area contributed by atoms with Crippen molar-refractivity contribution in [2.45, 2.75) is 13.0 Å². The molecule has 0 radical (unpaired) electrons. The molecule has 1 aromatic carbocycles. The van der Waals surface area contributed by atoms with Crippen LogP contribution in [0.15, 0.2) is 24.3 Å². The van der Waals surface area contributed by atoms with Crippen molar-refractivity contribution in [3.05, 3.63) is 29.8 Å². The van der Waals surface area contributed by atoms with Gasteiger partial charge in [-0.1, -0.05) is 18.2 Å². The van der Waals surface area contributed by atoms with Crippen molar-refractivity contribution < 1.29 is 9.47 Å². The van der Waals surface area contributed by atoms with E-state index in [1.807, 2.05) is 18.2 Å². The van der Waals surface area contributed by atoms with Gasteiger partial charge >= 0.3 is 0 Å². The molecule has 0 amide bonds. The van der Waals surface area contributed by atoms with Crippen LogP contribution in [0.2, 0.25) is 0 Å². The van der Waals surface area contributed by atoms with Crippen LogP contribution in [0.4, 0.5) is 0 Å². The summed E-state index contributed by atoms with van der Waals surface area (Å²) >= 11 is 0. The molecule has 0 saturated carbocycles. The van der Waals surface area contributed by atoms with E-state index in [-0.39, 0.29) is 6.10 Å². The summed E-state index contributed by atoms with van der Waals surface area (Å²) in [5.74, 6) is 0.978. The monoisotopic (exact) mass is 164 g/mol. The second-order valence-corrected chi connectivity index (χ2v) is 3.04. The van der Waals surface area contributed by atoms with Crippen molar-refractivity contribution in [3.63, 3.8) is 0 Å². The molecule has 0 aromatic heterocycles. The Morgan fingerprint density at radius 2 is 2.08 bits per heavy atom. The number of rotatable bonds is 2. The van der Waals surface area contributed by atoms with Gasteiger partial charge in [-0.2, -0.15) is 0 Å². The Bertz CT molecular complexity index is 266. The lowest BCUT2D eigenvalue weighted by Crippen LogP contribution is -2.38. The minimum atomic E-state index is 0.270. The second-order valence-electron chi connectivity index (χ2n) is 3.04. The van der Waals surface area contributed by atoms with Crippen LogP contribution in [-0.4, -0.2) is 19.3 Å². The molecule has 12 heavy (non-hydrogen) atoms. The van der Waals surface area contributed by atoms with Gasteiger partial charge in [0.1, 0.15) is 11.9 Å². The molecule has 1 aromatic rings.